The maximum absolute atomic E-state index is 13.1. The van der Waals surface area contributed by atoms with Crippen LogP contribution < -0.4 is 0 Å². The number of carbonyl (C=O) groups is 1. The topological polar surface area (TPSA) is 33.2 Å². The predicted molar refractivity (Wildman–Crippen MR) is 95.7 cm³/mol. The quantitative estimate of drug-likeness (QED) is 0.528. The number of hydrogen-bond donors (Lipinski definition) is 0. The van der Waals surface area contributed by atoms with Gasteiger partial charge in [0, 0.05) is 29.6 Å². The van der Waals surface area contributed by atoms with Crippen LogP contribution >= 0.6 is 11.6 Å². The van der Waals surface area contributed by atoms with E-state index >= 15 is 0 Å². The third kappa shape index (κ3) is 3.64. The third-order valence-corrected chi connectivity index (χ3v) is 6.11. The summed E-state index contributed by atoms with van der Waals surface area (Å²) in [6.45, 7) is 0. The van der Waals surface area contributed by atoms with Crippen LogP contribution in [0, 0.1) is 0 Å². The van der Waals surface area contributed by atoms with E-state index in [9.17, 15) is 31.1 Å². The Bertz CT molecular complexity index is 990. The molecule has 1 aromatic heterocycles. The second kappa shape index (κ2) is 7.14. The van der Waals surface area contributed by atoms with Crippen molar-refractivity contribution >= 4 is 17.5 Å². The standard InChI is InChI=1S/C20H15ClF6N2O/c21-14-2-1-11(19(22,23)24)8-13(14)16-4-3-15-12(9-18(30)29(15)16)10-5-6-28-17(7-10)20(25,26)27/h1-2,5-8,12,15-16H,3-4,9H2/t12-,15+,16+/m1/s1. The van der Waals surface area contributed by atoms with E-state index in [4.69, 9.17) is 11.6 Å². The lowest BCUT2D eigenvalue weighted by Gasteiger charge is -2.27. The van der Waals surface area contributed by atoms with Gasteiger partial charge in [-0.3, -0.25) is 9.78 Å². The van der Waals surface area contributed by atoms with Gasteiger partial charge >= 0.3 is 12.4 Å². The van der Waals surface area contributed by atoms with Gasteiger partial charge in [-0.05, 0) is 54.3 Å². The first-order chi connectivity index (χ1) is 14.0. The van der Waals surface area contributed by atoms with Gasteiger partial charge < -0.3 is 4.90 Å². The van der Waals surface area contributed by atoms with E-state index in [0.29, 0.717) is 18.4 Å². The lowest BCUT2D eigenvalue weighted by atomic mass is 9.90. The molecule has 0 spiro atoms. The molecule has 160 valence electrons. The third-order valence-electron chi connectivity index (χ3n) is 5.76. The molecule has 0 N–H and O–H groups in total. The van der Waals surface area contributed by atoms with Gasteiger partial charge in [-0.2, -0.15) is 26.3 Å². The normalized spacial score (nSPS) is 24.4. The van der Waals surface area contributed by atoms with Gasteiger partial charge in [0.25, 0.3) is 0 Å². The van der Waals surface area contributed by atoms with Crippen LogP contribution in [0.5, 0.6) is 0 Å². The molecule has 1 aromatic carbocycles. The first kappa shape index (κ1) is 21.0. The molecule has 0 unspecified atom stereocenters. The molecule has 2 aromatic rings. The minimum absolute atomic E-state index is 0.0148. The van der Waals surface area contributed by atoms with E-state index in [1.165, 1.54) is 11.0 Å². The van der Waals surface area contributed by atoms with Crippen LogP contribution in [-0.2, 0) is 17.1 Å². The highest BCUT2D eigenvalue weighted by atomic mass is 35.5. The molecule has 0 aliphatic carbocycles. The Morgan fingerprint density at radius 3 is 2.40 bits per heavy atom. The number of halogens is 7. The van der Waals surface area contributed by atoms with Crippen LogP contribution in [-0.4, -0.2) is 21.8 Å². The first-order valence-corrected chi connectivity index (χ1v) is 9.55. The monoisotopic (exact) mass is 448 g/mol. The highest BCUT2D eigenvalue weighted by molar-refractivity contribution is 6.31. The SMILES string of the molecule is O=C1C[C@H](c2ccnc(C(F)(F)F)c2)[C@@H]2CC[C@@H](c3cc(C(F)(F)F)ccc3Cl)N12. The summed E-state index contributed by atoms with van der Waals surface area (Å²) in [5.41, 5.74) is -1.36. The summed E-state index contributed by atoms with van der Waals surface area (Å²) in [6, 6.07) is 4.31. The van der Waals surface area contributed by atoms with Crippen LogP contribution in [0.25, 0.3) is 0 Å². The van der Waals surface area contributed by atoms with Gasteiger partial charge in [0.1, 0.15) is 5.69 Å². The van der Waals surface area contributed by atoms with E-state index in [1.54, 1.807) is 0 Å². The van der Waals surface area contributed by atoms with Gasteiger partial charge in [0.15, 0.2) is 0 Å². The van der Waals surface area contributed by atoms with Crippen LogP contribution in [0.1, 0.15) is 53.6 Å². The molecule has 2 fully saturated rings. The van der Waals surface area contributed by atoms with Crippen molar-refractivity contribution in [1.29, 1.82) is 0 Å². The lowest BCUT2D eigenvalue weighted by Crippen LogP contribution is -2.31. The van der Waals surface area contributed by atoms with Gasteiger partial charge in [-0.1, -0.05) is 11.6 Å². The number of amides is 1. The minimum Gasteiger partial charge on any atom is -0.332 e. The van der Waals surface area contributed by atoms with Crippen LogP contribution in [0.2, 0.25) is 5.02 Å². The Morgan fingerprint density at radius 2 is 1.73 bits per heavy atom. The Labute approximate surface area is 172 Å². The van der Waals surface area contributed by atoms with E-state index < -0.39 is 41.6 Å². The molecular weight excluding hydrogens is 434 g/mol. The molecule has 3 nitrogen and oxygen atoms in total. The molecule has 10 heteroatoms. The fourth-order valence-electron chi connectivity index (χ4n) is 4.47. The van der Waals surface area contributed by atoms with E-state index in [0.717, 1.165) is 30.5 Å². The van der Waals surface area contributed by atoms with Gasteiger partial charge in [0.2, 0.25) is 5.91 Å². The molecule has 3 heterocycles. The number of carbonyl (C=O) groups excluding carboxylic acids is 1. The Balaban J connectivity index is 1.66. The molecule has 30 heavy (non-hydrogen) atoms. The molecule has 1 amide bonds. The van der Waals surface area contributed by atoms with Crippen molar-refractivity contribution in [3.05, 3.63) is 63.9 Å². The molecule has 2 aliphatic rings. The van der Waals surface area contributed by atoms with E-state index in [2.05, 4.69) is 4.98 Å². The largest absolute Gasteiger partial charge is 0.433 e. The van der Waals surface area contributed by atoms with Crippen molar-refractivity contribution in [2.75, 3.05) is 0 Å². The van der Waals surface area contributed by atoms with E-state index in [-0.39, 0.29) is 22.9 Å². The van der Waals surface area contributed by atoms with Crippen molar-refractivity contribution in [3.8, 4) is 0 Å². The predicted octanol–water partition coefficient (Wildman–Crippen LogP) is 5.99. The number of pyridine rings is 1. The number of rotatable bonds is 2. The van der Waals surface area contributed by atoms with Gasteiger partial charge in [-0.15, -0.1) is 0 Å². The van der Waals surface area contributed by atoms with Crippen LogP contribution in [0.15, 0.2) is 36.5 Å². The van der Waals surface area contributed by atoms with Gasteiger partial charge in [-0.25, -0.2) is 0 Å². The minimum atomic E-state index is -4.61. The average Bonchev–Trinajstić information content (AvgIpc) is 3.22. The smallest absolute Gasteiger partial charge is 0.332 e. The van der Waals surface area contributed by atoms with Crippen LogP contribution in [0.4, 0.5) is 26.3 Å². The second-order valence-electron chi connectivity index (χ2n) is 7.48. The highest BCUT2D eigenvalue weighted by Crippen LogP contribution is 2.50. The second-order valence-corrected chi connectivity index (χ2v) is 7.89. The molecule has 0 saturated carbocycles. The summed E-state index contributed by atoms with van der Waals surface area (Å²) in [5, 5.41) is 0.119. The van der Waals surface area contributed by atoms with Crippen molar-refractivity contribution < 1.29 is 31.1 Å². The maximum Gasteiger partial charge on any atom is 0.433 e. The van der Waals surface area contributed by atoms with Crippen LogP contribution in [0.3, 0.4) is 0 Å². The summed E-state index contributed by atoms with van der Waals surface area (Å²) >= 11 is 6.15. The Kier molecular flexibility index (Phi) is 4.99. The number of fused-ring (bicyclic) bond motifs is 1. The average molecular weight is 449 g/mol. The molecule has 0 radical (unpaired) electrons. The van der Waals surface area contributed by atoms with Crippen molar-refractivity contribution in [3.63, 3.8) is 0 Å². The molecule has 4 rings (SSSR count). The number of benzene rings is 1. The van der Waals surface area contributed by atoms with Gasteiger partial charge in [0.05, 0.1) is 11.6 Å². The number of hydrogen-bond acceptors (Lipinski definition) is 2. The van der Waals surface area contributed by atoms with Crippen molar-refractivity contribution in [1.82, 2.24) is 9.88 Å². The highest BCUT2D eigenvalue weighted by Gasteiger charge is 2.49. The fraction of sp³-hybridized carbons (Fsp3) is 0.400. The molecule has 2 saturated heterocycles. The summed E-state index contributed by atoms with van der Waals surface area (Å²) in [7, 11) is 0. The summed E-state index contributed by atoms with van der Waals surface area (Å²) in [4.78, 5) is 17.6. The summed E-state index contributed by atoms with van der Waals surface area (Å²) in [6.07, 6.45) is -7.29. The van der Waals surface area contributed by atoms with Crippen molar-refractivity contribution in [2.45, 2.75) is 49.6 Å². The zero-order valence-electron chi connectivity index (χ0n) is 15.3. The number of aromatic nitrogens is 1. The maximum atomic E-state index is 13.1. The molecule has 2 aliphatic heterocycles. The van der Waals surface area contributed by atoms with Crippen molar-refractivity contribution in [2.24, 2.45) is 0 Å². The fourth-order valence-corrected chi connectivity index (χ4v) is 4.72. The number of nitrogens with zero attached hydrogens (tertiary/aromatic N) is 2. The molecule has 0 bridgehead atoms. The summed E-state index contributed by atoms with van der Waals surface area (Å²) in [5.74, 6) is -0.803. The first-order valence-electron chi connectivity index (χ1n) is 9.18. The Hall–Kier alpha value is -2.29. The summed E-state index contributed by atoms with van der Waals surface area (Å²) < 4.78 is 78.4. The Morgan fingerprint density at radius 1 is 1.00 bits per heavy atom. The molecule has 3 atom stereocenters. The zero-order chi connectivity index (χ0) is 21.8. The van der Waals surface area contributed by atoms with E-state index in [1.807, 2.05) is 0 Å². The molecular formula is C20H15ClF6N2O. The number of alkyl halides is 6. The lowest BCUT2D eigenvalue weighted by molar-refractivity contribution is -0.141. The zero-order valence-corrected chi connectivity index (χ0v) is 16.0.